The summed E-state index contributed by atoms with van der Waals surface area (Å²) in [7, 11) is 1.69. The Balaban J connectivity index is 1.32. The van der Waals surface area contributed by atoms with Crippen LogP contribution in [0.15, 0.2) is 18.2 Å². The maximum atomic E-state index is 12.3. The van der Waals surface area contributed by atoms with Gasteiger partial charge in [0, 0.05) is 31.5 Å². The van der Waals surface area contributed by atoms with Crippen LogP contribution in [0.5, 0.6) is 5.75 Å². The number of amides is 1. The van der Waals surface area contributed by atoms with Crippen LogP contribution in [-0.2, 0) is 11.2 Å². The van der Waals surface area contributed by atoms with E-state index in [1.807, 2.05) is 6.07 Å². The quantitative estimate of drug-likeness (QED) is 0.842. The van der Waals surface area contributed by atoms with Crippen LogP contribution in [0.25, 0.3) is 0 Å². The topological polar surface area (TPSA) is 67.3 Å². The van der Waals surface area contributed by atoms with Gasteiger partial charge in [0.05, 0.1) is 7.11 Å². The second-order valence-corrected chi connectivity index (χ2v) is 8.05. The predicted molar refractivity (Wildman–Crippen MR) is 102 cm³/mol. The lowest BCUT2D eigenvalue weighted by atomic mass is 9.93. The Hall–Kier alpha value is -1.99. The second kappa shape index (κ2) is 7.32. The molecule has 1 N–H and O–H groups in total. The molecule has 0 spiro atoms. The third kappa shape index (κ3) is 3.73. The molecule has 1 aromatic carbocycles. The van der Waals surface area contributed by atoms with Crippen molar-refractivity contribution in [2.75, 3.05) is 25.5 Å². The first-order valence-corrected chi connectivity index (χ1v) is 10.00. The van der Waals surface area contributed by atoms with Gasteiger partial charge in [-0.2, -0.15) is 0 Å². The zero-order valence-corrected chi connectivity index (χ0v) is 16.0. The van der Waals surface area contributed by atoms with Crippen molar-refractivity contribution in [3.63, 3.8) is 0 Å². The van der Waals surface area contributed by atoms with E-state index in [4.69, 9.17) is 4.74 Å². The number of hydrogen-bond donors (Lipinski definition) is 1. The summed E-state index contributed by atoms with van der Waals surface area (Å²) in [6.45, 7) is 3.90. The van der Waals surface area contributed by atoms with Gasteiger partial charge in [-0.1, -0.05) is 17.4 Å². The summed E-state index contributed by atoms with van der Waals surface area (Å²) in [5.41, 5.74) is 2.68. The molecule has 26 heavy (non-hydrogen) atoms. The summed E-state index contributed by atoms with van der Waals surface area (Å²) in [4.78, 5) is 14.6. The van der Waals surface area contributed by atoms with Crippen LogP contribution in [0.1, 0.15) is 54.3 Å². The standard InChI is InChI=1S/C19H24N4O2S/c1-12-16-11-15(25-2)6-5-13(16)7-9-23(12)10-8-17(24)20-19-22-21-18(26-19)14-3-4-14/h5-6,11-12,14H,3-4,7-10H2,1-2H3,(H,20,22,24)/t12-/m0/s1. The highest BCUT2D eigenvalue weighted by Crippen LogP contribution is 2.42. The van der Waals surface area contributed by atoms with E-state index >= 15 is 0 Å². The molecule has 138 valence electrons. The van der Waals surface area contributed by atoms with Gasteiger partial charge in [-0.05, 0) is 49.4 Å². The molecule has 0 radical (unpaired) electrons. The van der Waals surface area contributed by atoms with E-state index in [1.54, 1.807) is 7.11 Å². The molecule has 1 saturated carbocycles. The summed E-state index contributed by atoms with van der Waals surface area (Å²) in [5.74, 6) is 1.47. The number of aromatic nitrogens is 2. The lowest BCUT2D eigenvalue weighted by Gasteiger charge is -2.35. The Labute approximate surface area is 157 Å². The minimum Gasteiger partial charge on any atom is -0.497 e. The van der Waals surface area contributed by atoms with Crippen molar-refractivity contribution < 1.29 is 9.53 Å². The van der Waals surface area contributed by atoms with Crippen LogP contribution in [0.3, 0.4) is 0 Å². The monoisotopic (exact) mass is 372 g/mol. The lowest BCUT2D eigenvalue weighted by molar-refractivity contribution is -0.116. The highest BCUT2D eigenvalue weighted by atomic mass is 32.1. The van der Waals surface area contributed by atoms with E-state index in [2.05, 4.69) is 39.5 Å². The Kier molecular flexibility index (Phi) is 4.91. The Bertz CT molecular complexity index is 803. The summed E-state index contributed by atoms with van der Waals surface area (Å²) in [6.07, 6.45) is 3.86. The predicted octanol–water partition coefficient (Wildman–Crippen LogP) is 3.37. The largest absolute Gasteiger partial charge is 0.497 e. The van der Waals surface area contributed by atoms with Crippen molar-refractivity contribution >= 4 is 22.4 Å². The molecule has 0 bridgehead atoms. The van der Waals surface area contributed by atoms with E-state index in [1.165, 1.54) is 35.3 Å². The molecule has 2 heterocycles. The Morgan fingerprint density at radius 1 is 1.38 bits per heavy atom. The second-order valence-electron chi connectivity index (χ2n) is 7.04. The minimum atomic E-state index is 0.00661. The molecule has 1 fully saturated rings. The number of hydrogen-bond acceptors (Lipinski definition) is 6. The van der Waals surface area contributed by atoms with Gasteiger partial charge in [0.2, 0.25) is 11.0 Å². The van der Waals surface area contributed by atoms with E-state index in [0.717, 1.165) is 30.3 Å². The first-order valence-electron chi connectivity index (χ1n) is 9.18. The molecule has 1 aliphatic heterocycles. The fourth-order valence-corrected chi connectivity index (χ4v) is 4.41. The van der Waals surface area contributed by atoms with Crippen LogP contribution >= 0.6 is 11.3 Å². The van der Waals surface area contributed by atoms with Gasteiger partial charge in [-0.3, -0.25) is 9.69 Å². The van der Waals surface area contributed by atoms with E-state index in [0.29, 0.717) is 17.5 Å². The minimum absolute atomic E-state index is 0.00661. The maximum Gasteiger partial charge on any atom is 0.227 e. The van der Waals surface area contributed by atoms with Gasteiger partial charge in [-0.25, -0.2) is 0 Å². The molecule has 1 amide bonds. The number of benzene rings is 1. The maximum absolute atomic E-state index is 12.3. The number of anilines is 1. The van der Waals surface area contributed by atoms with E-state index in [9.17, 15) is 4.79 Å². The molecule has 0 saturated heterocycles. The molecule has 7 heteroatoms. The molecular weight excluding hydrogens is 348 g/mol. The number of fused-ring (bicyclic) bond motifs is 1. The van der Waals surface area contributed by atoms with E-state index < -0.39 is 0 Å². The highest BCUT2D eigenvalue weighted by Gasteiger charge is 2.28. The van der Waals surface area contributed by atoms with Crippen LogP contribution in [-0.4, -0.2) is 41.2 Å². The fraction of sp³-hybridized carbons (Fsp3) is 0.526. The number of nitrogens with zero attached hydrogens (tertiary/aromatic N) is 3. The average molecular weight is 372 g/mol. The summed E-state index contributed by atoms with van der Waals surface area (Å²) in [6, 6.07) is 6.57. The van der Waals surface area contributed by atoms with Crippen LogP contribution < -0.4 is 10.1 Å². The third-order valence-corrected chi connectivity index (χ3v) is 6.26. The molecule has 0 unspecified atom stereocenters. The van der Waals surface area contributed by atoms with Crippen molar-refractivity contribution in [3.8, 4) is 5.75 Å². The molecular formula is C19H24N4O2S. The zero-order chi connectivity index (χ0) is 18.1. The first kappa shape index (κ1) is 17.4. The van der Waals surface area contributed by atoms with Gasteiger partial charge in [0.1, 0.15) is 10.8 Å². The van der Waals surface area contributed by atoms with Crippen LogP contribution in [0.2, 0.25) is 0 Å². The third-order valence-electron chi connectivity index (χ3n) is 5.26. The fourth-order valence-electron chi connectivity index (χ4n) is 3.48. The SMILES string of the molecule is COc1ccc2c(c1)[C@H](C)N(CCC(=O)Nc1nnc(C3CC3)s1)CC2. The average Bonchev–Trinajstić information content (AvgIpc) is 3.40. The van der Waals surface area contributed by atoms with Crippen molar-refractivity contribution in [3.05, 3.63) is 34.3 Å². The number of carbonyl (C=O) groups is 1. The Morgan fingerprint density at radius 2 is 2.23 bits per heavy atom. The number of methoxy groups -OCH3 is 1. The van der Waals surface area contributed by atoms with Gasteiger partial charge < -0.3 is 10.1 Å². The van der Waals surface area contributed by atoms with Gasteiger partial charge >= 0.3 is 0 Å². The molecule has 1 aromatic heterocycles. The van der Waals surface area contributed by atoms with Crippen molar-refractivity contribution in [1.82, 2.24) is 15.1 Å². The number of ether oxygens (including phenoxy) is 1. The van der Waals surface area contributed by atoms with Crippen LogP contribution in [0, 0.1) is 0 Å². The van der Waals surface area contributed by atoms with Crippen molar-refractivity contribution in [2.45, 2.75) is 44.6 Å². The Morgan fingerprint density at radius 3 is 3.00 bits per heavy atom. The molecule has 1 aliphatic carbocycles. The summed E-state index contributed by atoms with van der Waals surface area (Å²) < 4.78 is 5.36. The normalized spacial score (nSPS) is 19.8. The van der Waals surface area contributed by atoms with E-state index in [-0.39, 0.29) is 11.9 Å². The van der Waals surface area contributed by atoms with Crippen molar-refractivity contribution in [1.29, 1.82) is 0 Å². The molecule has 4 rings (SSSR count). The molecule has 6 nitrogen and oxygen atoms in total. The number of nitrogens with one attached hydrogen (secondary N) is 1. The molecule has 2 aromatic rings. The highest BCUT2D eigenvalue weighted by molar-refractivity contribution is 7.15. The smallest absolute Gasteiger partial charge is 0.227 e. The number of rotatable bonds is 6. The number of carbonyl (C=O) groups excluding carboxylic acids is 1. The molecule has 1 atom stereocenters. The summed E-state index contributed by atoms with van der Waals surface area (Å²) >= 11 is 1.51. The van der Waals surface area contributed by atoms with Crippen LogP contribution in [0.4, 0.5) is 5.13 Å². The lowest BCUT2D eigenvalue weighted by Crippen LogP contribution is -2.36. The van der Waals surface area contributed by atoms with Gasteiger partial charge in [-0.15, -0.1) is 10.2 Å². The van der Waals surface area contributed by atoms with Crippen molar-refractivity contribution in [2.24, 2.45) is 0 Å². The van der Waals surface area contributed by atoms with Gasteiger partial charge in [0.25, 0.3) is 0 Å². The summed E-state index contributed by atoms with van der Waals surface area (Å²) in [5, 5.41) is 12.8. The first-order chi connectivity index (χ1) is 12.6. The molecule has 2 aliphatic rings. The zero-order valence-electron chi connectivity index (χ0n) is 15.2. The van der Waals surface area contributed by atoms with Gasteiger partial charge in [0.15, 0.2) is 0 Å².